The Hall–Kier alpha value is -1.04. The van der Waals surface area contributed by atoms with Crippen molar-refractivity contribution in [3.05, 3.63) is 52.5 Å². The van der Waals surface area contributed by atoms with Crippen LogP contribution in [0.15, 0.2) is 51.3 Å². The highest BCUT2D eigenvalue weighted by Gasteiger charge is 2.07. The predicted octanol–water partition coefficient (Wildman–Crippen LogP) is 5.36. The number of thioether (sulfide) groups is 1. The van der Waals surface area contributed by atoms with Gasteiger partial charge in [-0.15, -0.1) is 11.3 Å². The van der Waals surface area contributed by atoms with Gasteiger partial charge in [0.05, 0.1) is 17.3 Å². The molecule has 0 amide bonds. The van der Waals surface area contributed by atoms with Gasteiger partial charge in [-0.05, 0) is 35.9 Å². The summed E-state index contributed by atoms with van der Waals surface area (Å²) in [4.78, 5) is 4.63. The van der Waals surface area contributed by atoms with Crippen molar-refractivity contribution in [2.45, 2.75) is 10.1 Å². The Morgan fingerprint density at radius 2 is 2.10 bits per heavy atom. The molecule has 0 N–H and O–H groups in total. The van der Waals surface area contributed by atoms with E-state index in [0.717, 1.165) is 25.8 Å². The van der Waals surface area contributed by atoms with Crippen molar-refractivity contribution in [2.24, 2.45) is 0 Å². The molecule has 0 spiro atoms. The maximum atomic E-state index is 5.27. The normalized spacial score (nSPS) is 10.9. The first kappa shape index (κ1) is 13.9. The number of nitrogens with zero attached hydrogens (tertiary/aromatic N) is 1. The topological polar surface area (TPSA) is 22.1 Å². The van der Waals surface area contributed by atoms with Gasteiger partial charge in [0.25, 0.3) is 0 Å². The van der Waals surface area contributed by atoms with Crippen LogP contribution >= 0.6 is 39.0 Å². The minimum atomic E-state index is 0.873. The van der Waals surface area contributed by atoms with Crippen molar-refractivity contribution in [1.29, 1.82) is 0 Å². The van der Waals surface area contributed by atoms with Gasteiger partial charge in [-0.1, -0.05) is 39.8 Å². The quantitative estimate of drug-likeness (QED) is 0.581. The summed E-state index contributed by atoms with van der Waals surface area (Å²) < 4.78 is 8.70. The predicted molar refractivity (Wildman–Crippen MR) is 89.9 cm³/mol. The van der Waals surface area contributed by atoms with Crippen LogP contribution in [0.25, 0.3) is 10.2 Å². The minimum absolute atomic E-state index is 0.873. The van der Waals surface area contributed by atoms with Crippen LogP contribution in [0, 0.1) is 0 Å². The fourth-order valence-corrected chi connectivity index (χ4v) is 4.47. The Labute approximate surface area is 134 Å². The number of benzene rings is 2. The van der Waals surface area contributed by atoms with E-state index in [0.29, 0.717) is 0 Å². The maximum Gasteiger partial charge on any atom is 0.151 e. The fourth-order valence-electron chi connectivity index (χ4n) is 1.84. The molecule has 20 heavy (non-hydrogen) atoms. The summed E-state index contributed by atoms with van der Waals surface area (Å²) in [7, 11) is 1.69. The fraction of sp³-hybridized carbons (Fsp3) is 0.133. The highest BCUT2D eigenvalue weighted by molar-refractivity contribution is 9.10. The van der Waals surface area contributed by atoms with E-state index in [9.17, 15) is 0 Å². The Morgan fingerprint density at radius 1 is 1.25 bits per heavy atom. The molecule has 1 aromatic heterocycles. The number of para-hydroxylation sites is 1. The van der Waals surface area contributed by atoms with Gasteiger partial charge in [0, 0.05) is 10.2 Å². The summed E-state index contributed by atoms with van der Waals surface area (Å²) >= 11 is 7.07. The molecule has 0 fully saturated rings. The average molecular weight is 366 g/mol. The third-order valence-corrected chi connectivity index (χ3v) is 5.88. The standard InChI is InChI=1S/C15H12BrNOS2/c1-18-11-6-7-12(16)10(8-11)9-19-15-17-13-4-2-3-5-14(13)20-15/h2-8H,9H2,1H3. The monoisotopic (exact) mass is 365 g/mol. The van der Waals surface area contributed by atoms with Gasteiger partial charge >= 0.3 is 0 Å². The number of aromatic nitrogens is 1. The summed E-state index contributed by atoms with van der Waals surface area (Å²) in [6, 6.07) is 14.3. The molecule has 0 aliphatic carbocycles. The average Bonchev–Trinajstić information content (AvgIpc) is 2.89. The first-order valence-corrected chi connectivity index (χ1v) is 8.66. The molecule has 1 heterocycles. The van der Waals surface area contributed by atoms with Crippen molar-refractivity contribution in [3.8, 4) is 5.75 Å². The smallest absolute Gasteiger partial charge is 0.151 e. The summed E-state index contributed by atoms with van der Waals surface area (Å²) in [5.74, 6) is 1.76. The molecular weight excluding hydrogens is 354 g/mol. The number of hydrogen-bond acceptors (Lipinski definition) is 4. The molecule has 5 heteroatoms. The van der Waals surface area contributed by atoms with E-state index in [4.69, 9.17) is 4.74 Å². The van der Waals surface area contributed by atoms with Crippen LogP contribution in [0.2, 0.25) is 0 Å². The van der Waals surface area contributed by atoms with Crippen molar-refractivity contribution < 1.29 is 4.74 Å². The van der Waals surface area contributed by atoms with Gasteiger partial charge in [0.2, 0.25) is 0 Å². The van der Waals surface area contributed by atoms with Gasteiger partial charge in [-0.3, -0.25) is 0 Å². The van der Waals surface area contributed by atoms with Crippen LogP contribution < -0.4 is 4.74 Å². The summed E-state index contributed by atoms with van der Waals surface area (Å²) in [6.45, 7) is 0. The lowest BCUT2D eigenvalue weighted by Gasteiger charge is -2.06. The molecule has 0 atom stereocenters. The maximum absolute atomic E-state index is 5.27. The SMILES string of the molecule is COc1ccc(Br)c(CSc2nc3ccccc3s2)c1. The van der Waals surface area contributed by atoms with Crippen molar-refractivity contribution in [2.75, 3.05) is 7.11 Å². The third kappa shape index (κ3) is 3.00. The second-order valence-corrected chi connectivity index (χ2v) is 7.30. The van der Waals surface area contributed by atoms with Crippen LogP contribution in [0.1, 0.15) is 5.56 Å². The summed E-state index contributed by atoms with van der Waals surface area (Å²) in [5.41, 5.74) is 2.29. The number of fused-ring (bicyclic) bond motifs is 1. The third-order valence-electron chi connectivity index (χ3n) is 2.88. The molecule has 102 valence electrons. The molecular formula is C15H12BrNOS2. The van der Waals surface area contributed by atoms with Crippen molar-refractivity contribution in [1.82, 2.24) is 4.98 Å². The summed E-state index contributed by atoms with van der Waals surface area (Å²) in [6.07, 6.45) is 0. The van der Waals surface area contributed by atoms with Crippen LogP contribution in [0.3, 0.4) is 0 Å². The minimum Gasteiger partial charge on any atom is -0.497 e. The lowest BCUT2D eigenvalue weighted by Crippen LogP contribution is -1.87. The molecule has 2 aromatic carbocycles. The van der Waals surface area contributed by atoms with E-state index >= 15 is 0 Å². The zero-order valence-electron chi connectivity index (χ0n) is 10.8. The highest BCUT2D eigenvalue weighted by atomic mass is 79.9. The number of ether oxygens (including phenoxy) is 1. The van der Waals surface area contributed by atoms with Gasteiger partial charge < -0.3 is 4.74 Å². The van der Waals surface area contributed by atoms with E-state index < -0.39 is 0 Å². The lowest BCUT2D eigenvalue weighted by molar-refractivity contribution is 0.414. The first-order chi connectivity index (χ1) is 9.76. The molecule has 0 saturated heterocycles. The van der Waals surface area contributed by atoms with E-state index in [1.807, 2.05) is 24.3 Å². The molecule has 0 aliphatic heterocycles. The van der Waals surface area contributed by atoms with Crippen LogP contribution in [-0.4, -0.2) is 12.1 Å². The Morgan fingerprint density at radius 3 is 2.90 bits per heavy atom. The molecule has 0 aliphatic rings. The van der Waals surface area contributed by atoms with Crippen molar-refractivity contribution >= 4 is 49.2 Å². The number of rotatable bonds is 4. The number of hydrogen-bond donors (Lipinski definition) is 0. The first-order valence-electron chi connectivity index (χ1n) is 6.07. The van der Waals surface area contributed by atoms with Gasteiger partial charge in [0.15, 0.2) is 4.34 Å². The number of halogens is 1. The van der Waals surface area contributed by atoms with E-state index in [-0.39, 0.29) is 0 Å². The largest absolute Gasteiger partial charge is 0.497 e. The zero-order valence-corrected chi connectivity index (χ0v) is 14.0. The number of thiazole rings is 1. The second kappa shape index (κ2) is 6.16. The Bertz CT molecular complexity index is 709. The van der Waals surface area contributed by atoms with Gasteiger partial charge in [-0.25, -0.2) is 4.98 Å². The lowest BCUT2D eigenvalue weighted by atomic mass is 10.2. The Balaban J connectivity index is 1.79. The molecule has 0 bridgehead atoms. The second-order valence-electron chi connectivity index (χ2n) is 4.19. The van der Waals surface area contributed by atoms with Crippen LogP contribution in [-0.2, 0) is 5.75 Å². The van der Waals surface area contributed by atoms with Crippen LogP contribution in [0.5, 0.6) is 5.75 Å². The van der Waals surface area contributed by atoms with Crippen molar-refractivity contribution in [3.63, 3.8) is 0 Å². The number of methoxy groups -OCH3 is 1. The summed E-state index contributed by atoms with van der Waals surface area (Å²) in [5, 5.41) is 0. The highest BCUT2D eigenvalue weighted by Crippen LogP contribution is 2.33. The van der Waals surface area contributed by atoms with E-state index in [1.54, 1.807) is 30.2 Å². The zero-order chi connectivity index (χ0) is 13.9. The Kier molecular flexibility index (Phi) is 4.29. The molecule has 3 aromatic rings. The van der Waals surface area contributed by atoms with Gasteiger partial charge in [0.1, 0.15) is 5.75 Å². The van der Waals surface area contributed by atoms with Gasteiger partial charge in [-0.2, -0.15) is 0 Å². The molecule has 0 radical (unpaired) electrons. The van der Waals surface area contributed by atoms with E-state index in [1.165, 1.54) is 10.3 Å². The molecule has 0 unspecified atom stereocenters. The van der Waals surface area contributed by atoms with Crippen LogP contribution in [0.4, 0.5) is 0 Å². The molecule has 2 nitrogen and oxygen atoms in total. The molecule has 0 saturated carbocycles. The van der Waals surface area contributed by atoms with E-state index in [2.05, 4.69) is 39.1 Å². The molecule has 3 rings (SSSR count).